The number of phenols is 1. The van der Waals surface area contributed by atoms with Gasteiger partial charge in [0.15, 0.2) is 8.32 Å². The highest BCUT2D eigenvalue weighted by Crippen LogP contribution is 2.41. The Hall–Kier alpha value is -3.71. The van der Waals surface area contributed by atoms with Crippen molar-refractivity contribution in [3.05, 3.63) is 125 Å². The van der Waals surface area contributed by atoms with Crippen LogP contribution in [0, 0.1) is 0 Å². The molecule has 0 fully saturated rings. The standard InChI is InChI=1S/C53H81N3O6SSi/c1-41(2)56(42(3)4)34-32-47(45-26-17-14-18-27-45)48-37-43(28-30-50(48)57)23-19-22-36-60-35-21-12-11-20-33-54-39-52(62-64(9,10)53(5,6)7)46-29-31-51(49(38-46)55-63(8,58)59)61-40-44-24-15-13-16-25-44/h13-18,24-31,37-38,41-42,47,52,54-55,57H,11-12,19-23,32-36,39-40H2,1-10H3. The maximum absolute atomic E-state index is 12.4. The van der Waals surface area contributed by atoms with E-state index in [0.717, 1.165) is 101 Å². The zero-order valence-electron chi connectivity index (χ0n) is 40.8. The Balaban J connectivity index is 1.21. The molecule has 0 aliphatic rings. The van der Waals surface area contributed by atoms with Crippen molar-refractivity contribution in [2.75, 3.05) is 43.8 Å². The van der Waals surface area contributed by atoms with Crippen molar-refractivity contribution in [2.24, 2.45) is 0 Å². The van der Waals surface area contributed by atoms with Crippen molar-refractivity contribution in [3.63, 3.8) is 0 Å². The number of nitrogens with one attached hydrogen (secondary N) is 2. The molecule has 64 heavy (non-hydrogen) atoms. The fraction of sp³-hybridized carbons (Fsp3) is 0.547. The molecule has 0 radical (unpaired) electrons. The average Bonchev–Trinajstić information content (AvgIpc) is 3.23. The number of rotatable bonds is 29. The molecule has 0 bridgehead atoms. The van der Waals surface area contributed by atoms with Gasteiger partial charge in [0.25, 0.3) is 0 Å². The number of nitrogens with zero attached hydrogens (tertiary/aromatic N) is 1. The molecular formula is C53H81N3O6SSi. The topological polar surface area (TPSA) is 109 Å². The van der Waals surface area contributed by atoms with Crippen molar-refractivity contribution >= 4 is 24.0 Å². The van der Waals surface area contributed by atoms with Gasteiger partial charge in [-0.05, 0) is 138 Å². The second kappa shape index (κ2) is 25.8. The fourth-order valence-electron chi connectivity index (χ4n) is 7.94. The third kappa shape index (κ3) is 17.9. The van der Waals surface area contributed by atoms with Crippen molar-refractivity contribution in [2.45, 2.75) is 149 Å². The lowest BCUT2D eigenvalue weighted by Gasteiger charge is -2.39. The molecule has 354 valence electrons. The second-order valence-corrected chi connectivity index (χ2v) is 26.0. The minimum Gasteiger partial charge on any atom is -0.508 e. The molecule has 0 spiro atoms. The number of anilines is 1. The Morgan fingerprint density at radius 1 is 0.750 bits per heavy atom. The highest BCUT2D eigenvalue weighted by atomic mass is 32.2. The summed E-state index contributed by atoms with van der Waals surface area (Å²) >= 11 is 0. The smallest absolute Gasteiger partial charge is 0.229 e. The largest absolute Gasteiger partial charge is 0.508 e. The predicted octanol–water partition coefficient (Wildman–Crippen LogP) is 12.2. The molecule has 11 heteroatoms. The molecule has 0 amide bonds. The second-order valence-electron chi connectivity index (χ2n) is 19.5. The summed E-state index contributed by atoms with van der Waals surface area (Å²) in [6.45, 7) is 24.5. The number of phenolic OH excluding ortho intramolecular Hbond substituents is 1. The number of benzene rings is 4. The summed E-state index contributed by atoms with van der Waals surface area (Å²) in [6.07, 6.45) is 9.18. The molecule has 0 aliphatic heterocycles. The van der Waals surface area contributed by atoms with Gasteiger partial charge in [-0.25, -0.2) is 8.42 Å². The Morgan fingerprint density at radius 2 is 1.39 bits per heavy atom. The molecule has 2 atom stereocenters. The SMILES string of the molecule is CC(C)N(CCC(c1ccccc1)c1cc(CCCCOCCCCCCNCC(O[Si](C)(C)C(C)(C)C)c2ccc(OCc3ccccc3)c(NS(C)(=O)=O)c2)ccc1O)C(C)C. The predicted molar refractivity (Wildman–Crippen MR) is 270 cm³/mol. The van der Waals surface area contributed by atoms with Crippen LogP contribution in [0.25, 0.3) is 0 Å². The van der Waals surface area contributed by atoms with Crippen molar-refractivity contribution in [3.8, 4) is 11.5 Å². The number of unbranched alkanes of at least 4 members (excludes halogenated alkanes) is 4. The lowest BCUT2D eigenvalue weighted by Crippen LogP contribution is -2.43. The lowest BCUT2D eigenvalue weighted by molar-refractivity contribution is 0.126. The van der Waals surface area contributed by atoms with E-state index in [2.05, 4.69) is 119 Å². The maximum atomic E-state index is 12.4. The van der Waals surface area contributed by atoms with E-state index in [9.17, 15) is 13.5 Å². The molecule has 0 heterocycles. The molecule has 0 aromatic heterocycles. The van der Waals surface area contributed by atoms with E-state index < -0.39 is 18.3 Å². The Morgan fingerprint density at radius 3 is 2.03 bits per heavy atom. The molecule has 4 rings (SSSR count). The third-order valence-electron chi connectivity index (χ3n) is 12.5. The molecule has 0 saturated heterocycles. The van der Waals surface area contributed by atoms with Gasteiger partial charge < -0.3 is 24.3 Å². The number of ether oxygens (including phenoxy) is 2. The monoisotopic (exact) mass is 916 g/mol. The van der Waals surface area contributed by atoms with Gasteiger partial charge in [0, 0.05) is 43.3 Å². The summed E-state index contributed by atoms with van der Waals surface area (Å²) in [5, 5.41) is 14.7. The van der Waals surface area contributed by atoms with E-state index in [-0.39, 0.29) is 17.1 Å². The molecule has 9 nitrogen and oxygen atoms in total. The quantitative estimate of drug-likeness (QED) is 0.0365. The van der Waals surface area contributed by atoms with E-state index in [4.69, 9.17) is 13.9 Å². The van der Waals surface area contributed by atoms with Crippen LogP contribution in [0.2, 0.25) is 18.1 Å². The summed E-state index contributed by atoms with van der Waals surface area (Å²) in [4.78, 5) is 2.53. The van der Waals surface area contributed by atoms with E-state index >= 15 is 0 Å². The highest BCUT2D eigenvalue weighted by molar-refractivity contribution is 7.92. The molecule has 4 aromatic rings. The van der Waals surface area contributed by atoms with Gasteiger partial charge >= 0.3 is 0 Å². The fourth-order valence-corrected chi connectivity index (χ4v) is 9.78. The van der Waals surface area contributed by atoms with Crippen LogP contribution in [-0.2, 0) is 32.2 Å². The number of aromatic hydroxyl groups is 1. The van der Waals surface area contributed by atoms with Gasteiger partial charge in [0.1, 0.15) is 18.1 Å². The number of aryl methyl sites for hydroxylation is 1. The molecule has 2 unspecified atom stereocenters. The van der Waals surface area contributed by atoms with Crippen molar-refractivity contribution in [1.29, 1.82) is 0 Å². The molecule has 0 aliphatic carbocycles. The first-order valence-electron chi connectivity index (χ1n) is 23.7. The molecule has 4 aromatic carbocycles. The van der Waals surface area contributed by atoms with Crippen LogP contribution in [0.5, 0.6) is 11.5 Å². The minimum atomic E-state index is -3.55. The summed E-state index contributed by atoms with van der Waals surface area (Å²) in [5.41, 5.74) is 5.85. The first-order valence-corrected chi connectivity index (χ1v) is 28.5. The van der Waals surface area contributed by atoms with Gasteiger partial charge in [0.05, 0.1) is 18.0 Å². The Labute approximate surface area is 388 Å². The third-order valence-corrected chi connectivity index (χ3v) is 17.6. The minimum absolute atomic E-state index is 0.00664. The first-order chi connectivity index (χ1) is 30.3. The summed E-state index contributed by atoms with van der Waals surface area (Å²) in [5.74, 6) is 0.988. The van der Waals surface area contributed by atoms with Crippen LogP contribution >= 0.6 is 0 Å². The van der Waals surface area contributed by atoms with E-state index in [1.54, 1.807) is 0 Å². The van der Waals surface area contributed by atoms with Gasteiger partial charge in [-0.3, -0.25) is 9.62 Å². The van der Waals surface area contributed by atoms with Crippen molar-refractivity contribution in [1.82, 2.24) is 10.2 Å². The average molecular weight is 916 g/mol. The number of hydrogen-bond acceptors (Lipinski definition) is 8. The first kappa shape index (κ1) is 52.9. The van der Waals surface area contributed by atoms with Crippen LogP contribution < -0.4 is 14.8 Å². The van der Waals surface area contributed by atoms with Crippen LogP contribution in [0.3, 0.4) is 0 Å². The van der Waals surface area contributed by atoms with Crippen LogP contribution in [-0.4, -0.2) is 77.9 Å². The highest BCUT2D eigenvalue weighted by Gasteiger charge is 2.39. The van der Waals surface area contributed by atoms with Gasteiger partial charge in [0.2, 0.25) is 10.0 Å². The van der Waals surface area contributed by atoms with Crippen LogP contribution in [0.15, 0.2) is 97.1 Å². The zero-order valence-corrected chi connectivity index (χ0v) is 42.6. The van der Waals surface area contributed by atoms with Gasteiger partial charge in [-0.2, -0.15) is 0 Å². The van der Waals surface area contributed by atoms with E-state index in [0.29, 0.717) is 42.4 Å². The van der Waals surface area contributed by atoms with E-state index in [1.807, 2.05) is 54.6 Å². The summed E-state index contributed by atoms with van der Waals surface area (Å²) < 4.78 is 46.6. The van der Waals surface area contributed by atoms with Crippen LogP contribution in [0.4, 0.5) is 5.69 Å². The summed E-state index contributed by atoms with van der Waals surface area (Å²) in [7, 11) is -5.72. The van der Waals surface area contributed by atoms with Gasteiger partial charge in [-0.1, -0.05) is 112 Å². The normalized spacial score (nSPS) is 13.5. The molecule has 3 N–H and O–H groups in total. The maximum Gasteiger partial charge on any atom is 0.229 e. The van der Waals surface area contributed by atoms with Gasteiger partial charge in [-0.15, -0.1) is 0 Å². The van der Waals surface area contributed by atoms with E-state index in [1.165, 1.54) is 11.1 Å². The number of sulfonamides is 1. The van der Waals surface area contributed by atoms with Crippen LogP contribution in [0.1, 0.15) is 133 Å². The Kier molecular flexibility index (Phi) is 21.4. The molecule has 0 saturated carbocycles. The lowest BCUT2D eigenvalue weighted by atomic mass is 9.86. The number of hydrogen-bond donors (Lipinski definition) is 3. The zero-order chi connectivity index (χ0) is 46.8. The Bertz CT molecular complexity index is 2050. The molecular weight excluding hydrogens is 835 g/mol. The van der Waals surface area contributed by atoms with Crippen molar-refractivity contribution < 1.29 is 27.4 Å². The summed E-state index contributed by atoms with van der Waals surface area (Å²) in [6, 6.07) is 33.3.